The topological polar surface area (TPSA) is 477 Å². The van der Waals surface area contributed by atoms with Crippen molar-refractivity contribution in [3.63, 3.8) is 0 Å². The van der Waals surface area contributed by atoms with Crippen LogP contribution in [-0.2, 0) is 51.2 Å². The SMILES string of the molecule is CC[C@H](C)[C@H](NC(=O)[C@H](CC(C)C)NC(=O)[C@H](CCCN=C(N)N)NC(=O)[C@H](CCCN=C(N)N)NC(=O)[C@H](CCCCN)NC(=O)[C@H](CO)NC(=O)[C@@H](N)Cc1cnc[nH]1)C(=O)N[C@@H](Cc1ccccc1)C(N)=O. The number of imidazole rings is 1. The van der Waals surface area contributed by atoms with Crippen molar-refractivity contribution in [1.82, 2.24) is 47.2 Å². The summed E-state index contributed by atoms with van der Waals surface area (Å²) in [5, 5.41) is 28.7. The molecule has 0 spiro atoms. The third kappa shape index (κ3) is 24.5. The van der Waals surface area contributed by atoms with E-state index < -0.39 is 108 Å². The summed E-state index contributed by atoms with van der Waals surface area (Å²) >= 11 is 0. The summed E-state index contributed by atoms with van der Waals surface area (Å²) in [5.41, 5.74) is 40.9. The van der Waals surface area contributed by atoms with Crippen LogP contribution in [0.15, 0.2) is 52.8 Å². The maximum absolute atomic E-state index is 14.4. The second kappa shape index (κ2) is 34.2. The highest BCUT2D eigenvalue weighted by atomic mass is 16.3. The number of guanidine groups is 2. The first-order chi connectivity index (χ1) is 35.6. The van der Waals surface area contributed by atoms with E-state index in [0.29, 0.717) is 25.0 Å². The molecule has 23 N–H and O–H groups in total. The Morgan fingerprint density at radius 2 is 1.09 bits per heavy atom. The van der Waals surface area contributed by atoms with Crippen LogP contribution >= 0.6 is 0 Å². The largest absolute Gasteiger partial charge is 0.394 e. The lowest BCUT2D eigenvalue weighted by Crippen LogP contribution is -2.61. The average Bonchev–Trinajstić information content (AvgIpc) is 3.88. The van der Waals surface area contributed by atoms with E-state index in [1.165, 1.54) is 12.5 Å². The molecule has 9 atom stereocenters. The van der Waals surface area contributed by atoms with Gasteiger partial charge < -0.3 is 87.4 Å². The van der Waals surface area contributed by atoms with Crippen LogP contribution < -0.4 is 77.4 Å². The van der Waals surface area contributed by atoms with Gasteiger partial charge in [-0.3, -0.25) is 48.3 Å². The van der Waals surface area contributed by atoms with E-state index >= 15 is 0 Å². The van der Waals surface area contributed by atoms with Crippen LogP contribution in [0.3, 0.4) is 0 Å². The molecule has 75 heavy (non-hydrogen) atoms. The molecular formula is C48H82N18O9. The van der Waals surface area contributed by atoms with E-state index in [4.69, 9.17) is 40.1 Å². The van der Waals surface area contributed by atoms with Crippen LogP contribution in [0.1, 0.15) is 96.7 Å². The molecule has 27 heteroatoms. The van der Waals surface area contributed by atoms with Gasteiger partial charge in [-0.15, -0.1) is 0 Å². The molecule has 0 unspecified atom stereocenters. The Kier molecular flexibility index (Phi) is 29.0. The number of carbonyl (C=O) groups excluding carboxylic acids is 8. The molecule has 2 aromatic rings. The number of unbranched alkanes of at least 4 members (excludes halogenated alkanes) is 1. The lowest BCUT2D eigenvalue weighted by atomic mass is 9.95. The Morgan fingerprint density at radius 3 is 1.55 bits per heavy atom. The van der Waals surface area contributed by atoms with Gasteiger partial charge in [0.2, 0.25) is 47.3 Å². The minimum absolute atomic E-state index is 0.0244. The molecule has 0 saturated heterocycles. The van der Waals surface area contributed by atoms with E-state index in [-0.39, 0.29) is 88.8 Å². The zero-order valence-corrected chi connectivity index (χ0v) is 43.5. The number of aliphatic imine (C=N–C) groups is 2. The Labute approximate surface area is 437 Å². The van der Waals surface area contributed by atoms with Gasteiger partial charge in [-0.25, -0.2) is 4.98 Å². The number of hydrogen-bond donors (Lipinski definition) is 16. The van der Waals surface area contributed by atoms with Gasteiger partial charge in [-0.2, -0.15) is 0 Å². The molecule has 0 fully saturated rings. The summed E-state index contributed by atoms with van der Waals surface area (Å²) in [7, 11) is 0. The molecule has 0 aliphatic rings. The fourth-order valence-electron chi connectivity index (χ4n) is 7.59. The lowest BCUT2D eigenvalue weighted by molar-refractivity contribution is -0.136. The number of aromatic amines is 1. The van der Waals surface area contributed by atoms with Gasteiger partial charge in [0.05, 0.1) is 19.0 Å². The number of benzene rings is 1. The molecular weight excluding hydrogens is 973 g/mol. The van der Waals surface area contributed by atoms with Gasteiger partial charge in [0, 0.05) is 37.8 Å². The normalized spacial score (nSPS) is 14.7. The monoisotopic (exact) mass is 1050 g/mol. The summed E-state index contributed by atoms with van der Waals surface area (Å²) < 4.78 is 0. The molecule has 1 aromatic carbocycles. The second-order valence-corrected chi connectivity index (χ2v) is 18.7. The molecule has 1 aromatic heterocycles. The predicted octanol–water partition coefficient (Wildman–Crippen LogP) is -4.28. The lowest BCUT2D eigenvalue weighted by Gasteiger charge is -2.30. The molecule has 1 heterocycles. The highest BCUT2D eigenvalue weighted by Crippen LogP contribution is 2.14. The quantitative estimate of drug-likeness (QED) is 0.0175. The van der Waals surface area contributed by atoms with Crippen molar-refractivity contribution in [2.24, 2.45) is 62.0 Å². The summed E-state index contributed by atoms with van der Waals surface area (Å²) in [6.07, 6.45) is 4.55. The number of rotatable bonds is 36. The Morgan fingerprint density at radius 1 is 0.613 bits per heavy atom. The summed E-state index contributed by atoms with van der Waals surface area (Å²) in [6, 6.07) is -1.25. The predicted molar refractivity (Wildman–Crippen MR) is 282 cm³/mol. The maximum Gasteiger partial charge on any atom is 0.245 e. The van der Waals surface area contributed by atoms with Crippen molar-refractivity contribution in [3.05, 3.63) is 54.1 Å². The van der Waals surface area contributed by atoms with Gasteiger partial charge in [0.1, 0.15) is 42.3 Å². The number of carbonyl (C=O) groups is 8. The number of H-pyrrole nitrogens is 1. The van der Waals surface area contributed by atoms with Crippen molar-refractivity contribution in [2.45, 2.75) is 147 Å². The molecule has 0 saturated carbocycles. The second-order valence-electron chi connectivity index (χ2n) is 18.7. The first-order valence-electron chi connectivity index (χ1n) is 25.2. The number of hydrogen-bond acceptors (Lipinski definition) is 14. The van der Waals surface area contributed by atoms with E-state index in [2.05, 4.69) is 57.2 Å². The van der Waals surface area contributed by atoms with Gasteiger partial charge in [-0.05, 0) is 75.3 Å². The van der Waals surface area contributed by atoms with Crippen LogP contribution in [0.4, 0.5) is 0 Å². The number of nitrogens with two attached hydrogens (primary N) is 7. The minimum Gasteiger partial charge on any atom is -0.394 e. The molecule has 2 rings (SSSR count). The van der Waals surface area contributed by atoms with E-state index in [0.717, 1.165) is 5.56 Å². The Hall–Kier alpha value is -7.39. The van der Waals surface area contributed by atoms with Crippen LogP contribution in [0.25, 0.3) is 0 Å². The van der Waals surface area contributed by atoms with Crippen molar-refractivity contribution >= 4 is 59.2 Å². The first-order valence-corrected chi connectivity index (χ1v) is 25.2. The van der Waals surface area contributed by atoms with Gasteiger partial charge in [0.25, 0.3) is 0 Å². The molecule has 0 aliphatic heterocycles. The summed E-state index contributed by atoms with van der Waals surface area (Å²) in [6.45, 7) is 6.71. The number of nitrogens with zero attached hydrogens (tertiary/aromatic N) is 3. The van der Waals surface area contributed by atoms with Crippen LogP contribution in [0.2, 0.25) is 0 Å². The molecule has 0 radical (unpaired) electrons. The Bertz CT molecular complexity index is 2170. The zero-order chi connectivity index (χ0) is 56.0. The number of nitrogens with one attached hydrogen (secondary N) is 8. The van der Waals surface area contributed by atoms with Crippen LogP contribution in [0, 0.1) is 11.8 Å². The van der Waals surface area contributed by atoms with Gasteiger partial charge in [0.15, 0.2) is 11.9 Å². The van der Waals surface area contributed by atoms with Crippen LogP contribution in [-0.4, -0.2) is 149 Å². The van der Waals surface area contributed by atoms with Crippen LogP contribution in [0.5, 0.6) is 0 Å². The number of aliphatic hydroxyl groups excluding tert-OH is 1. The number of primary amides is 1. The van der Waals surface area contributed by atoms with Gasteiger partial charge in [-0.1, -0.05) is 64.4 Å². The number of aromatic nitrogens is 2. The standard InChI is InChI=1S/C48H82N18O9/c1-5-28(4)38(46(75)63-35(39(51)68)22-29-13-7-6-8-14-29)66-44(73)36(21-27(2)3)64-43(72)34(17-12-20-58-48(54)55)61-42(71)33(16-11-19-57-47(52)53)60-41(70)32(15-9-10-18-49)62-45(74)37(25-67)65-40(69)31(50)23-30-24-56-26-59-30/h6-8,13-14,24,26-28,31-38,67H,5,9-12,15-23,25,49-50H2,1-4H3,(H2,51,68)(H,56,59)(H,60,70)(H,61,71)(H,62,74)(H,63,75)(H,64,72)(H,65,69)(H,66,73)(H4,52,53,57)(H4,54,55,58)/t28-,31-,32-,33-,34-,35-,36-,37-,38-/m0/s1. The first kappa shape index (κ1) is 63.7. The van der Waals surface area contributed by atoms with Crippen molar-refractivity contribution < 1.29 is 43.5 Å². The molecule has 0 bridgehead atoms. The number of amides is 8. The van der Waals surface area contributed by atoms with Crippen molar-refractivity contribution in [3.8, 4) is 0 Å². The third-order valence-electron chi connectivity index (χ3n) is 12.0. The minimum atomic E-state index is -1.52. The van der Waals surface area contributed by atoms with E-state index in [9.17, 15) is 43.5 Å². The molecule has 0 aliphatic carbocycles. The summed E-state index contributed by atoms with van der Waals surface area (Å²) in [4.78, 5) is 125. The van der Waals surface area contributed by atoms with Crippen molar-refractivity contribution in [2.75, 3.05) is 26.2 Å². The highest BCUT2D eigenvalue weighted by Gasteiger charge is 2.35. The fraction of sp³-hybridized carbons (Fsp3) is 0.604. The molecule has 418 valence electrons. The third-order valence-corrected chi connectivity index (χ3v) is 12.0. The average molecular weight is 1060 g/mol. The van der Waals surface area contributed by atoms with Gasteiger partial charge >= 0.3 is 0 Å². The fourth-order valence-corrected chi connectivity index (χ4v) is 7.59. The summed E-state index contributed by atoms with van der Waals surface area (Å²) in [5.74, 6) is -7.35. The zero-order valence-electron chi connectivity index (χ0n) is 43.5. The Balaban J connectivity index is 2.44. The smallest absolute Gasteiger partial charge is 0.245 e. The van der Waals surface area contributed by atoms with E-state index in [1.807, 2.05) is 20.8 Å². The molecule has 27 nitrogen and oxygen atoms in total. The maximum atomic E-state index is 14.4. The molecule has 8 amide bonds. The van der Waals surface area contributed by atoms with E-state index in [1.54, 1.807) is 37.3 Å². The van der Waals surface area contributed by atoms with Crippen molar-refractivity contribution in [1.29, 1.82) is 0 Å². The highest BCUT2D eigenvalue weighted by molar-refractivity contribution is 5.98. The number of aliphatic hydroxyl groups is 1.